The van der Waals surface area contributed by atoms with Crippen LogP contribution in [0.25, 0.3) is 0 Å². The molecule has 3 rings (SSSR count). The molecule has 2 saturated heterocycles. The maximum Gasteiger partial charge on any atom is 0.392 e. The molecule has 1 N–H and O–H groups in total. The van der Waals surface area contributed by atoms with Gasteiger partial charge in [0.25, 0.3) is 5.91 Å². The van der Waals surface area contributed by atoms with Gasteiger partial charge in [-0.05, 0) is 12.8 Å². The van der Waals surface area contributed by atoms with Gasteiger partial charge >= 0.3 is 12.0 Å². The van der Waals surface area contributed by atoms with Crippen LogP contribution in [0.5, 0.6) is 0 Å². The molecule has 2 fully saturated rings. The van der Waals surface area contributed by atoms with Gasteiger partial charge in [-0.15, -0.1) is 6.58 Å². The second kappa shape index (κ2) is 8.83. The standard InChI is InChI=1S/C19H30N5O4/c1-4-11-28-13-14(25)12-24-15-16(21(2)19(27)22(3)17(15)26)20-18(24)23-9-7-5-6-8-10-23/h4,14-15,25H,1,5-13H2,2-3H3/q+1. The lowest BCUT2D eigenvalue weighted by molar-refractivity contribution is -0.531. The number of carbonyl (C=O) groups is 2. The predicted octanol–water partition coefficient (Wildman–Crippen LogP) is 0.0989. The van der Waals surface area contributed by atoms with E-state index < -0.39 is 18.2 Å². The fourth-order valence-corrected chi connectivity index (χ4v) is 3.86. The number of amidine groups is 1. The fourth-order valence-electron chi connectivity index (χ4n) is 3.86. The van der Waals surface area contributed by atoms with Gasteiger partial charge in [-0.3, -0.25) is 19.2 Å². The second-order valence-corrected chi connectivity index (χ2v) is 7.44. The number of carbonyl (C=O) groups excluding carboxylic acids is 2. The number of urea groups is 1. The Morgan fingerprint density at radius 2 is 1.93 bits per heavy atom. The molecular weight excluding hydrogens is 362 g/mol. The fraction of sp³-hybridized carbons (Fsp3) is 0.684. The van der Waals surface area contributed by atoms with E-state index in [2.05, 4.69) is 11.2 Å². The summed E-state index contributed by atoms with van der Waals surface area (Å²) in [4.78, 5) is 34.3. The third-order valence-electron chi connectivity index (χ3n) is 5.35. The van der Waals surface area contributed by atoms with Crippen molar-refractivity contribution in [3.8, 4) is 0 Å². The monoisotopic (exact) mass is 392 g/mol. The van der Waals surface area contributed by atoms with Gasteiger partial charge < -0.3 is 9.84 Å². The molecule has 9 nitrogen and oxygen atoms in total. The van der Waals surface area contributed by atoms with Crippen LogP contribution in [0.2, 0.25) is 0 Å². The largest absolute Gasteiger partial charge is 0.392 e. The van der Waals surface area contributed by atoms with E-state index in [4.69, 9.17) is 9.73 Å². The zero-order valence-corrected chi connectivity index (χ0v) is 16.7. The summed E-state index contributed by atoms with van der Waals surface area (Å²) in [6.07, 6.45) is 5.28. The van der Waals surface area contributed by atoms with Gasteiger partial charge in [0.1, 0.15) is 6.10 Å². The van der Waals surface area contributed by atoms with Gasteiger partial charge in [-0.2, -0.15) is 0 Å². The van der Waals surface area contributed by atoms with Gasteiger partial charge in [0.2, 0.25) is 11.9 Å². The molecule has 3 heterocycles. The first-order valence-corrected chi connectivity index (χ1v) is 9.84. The van der Waals surface area contributed by atoms with E-state index in [1.165, 1.54) is 24.8 Å². The molecule has 0 spiro atoms. The van der Waals surface area contributed by atoms with E-state index in [0.29, 0.717) is 18.4 Å². The van der Waals surface area contributed by atoms with Crippen molar-refractivity contribution < 1.29 is 24.0 Å². The van der Waals surface area contributed by atoms with Crippen LogP contribution in [0.3, 0.4) is 0 Å². The first-order chi connectivity index (χ1) is 13.5. The Morgan fingerprint density at radius 1 is 1.25 bits per heavy atom. The number of aliphatic hydroxyl groups excluding tert-OH is 1. The number of hydrogen-bond acceptors (Lipinski definition) is 4. The van der Waals surface area contributed by atoms with Crippen LogP contribution < -0.4 is 0 Å². The topological polar surface area (TPSA) is 88.7 Å². The summed E-state index contributed by atoms with van der Waals surface area (Å²) in [5, 5.41) is 10.5. The lowest BCUT2D eigenvalue weighted by Gasteiger charge is -2.33. The second-order valence-electron chi connectivity index (χ2n) is 7.44. The summed E-state index contributed by atoms with van der Waals surface area (Å²) in [6, 6.07) is -1.10. The number of likely N-dealkylation sites (N-methyl/N-ethyl adjacent to an activating group) is 2. The Bertz CT molecular complexity index is 694. The molecule has 0 aromatic heterocycles. The lowest BCUT2D eigenvalue weighted by atomic mass is 10.1. The van der Waals surface area contributed by atoms with Gasteiger partial charge in [0.15, 0.2) is 0 Å². The van der Waals surface area contributed by atoms with Crippen LogP contribution in [0, 0.1) is 0 Å². The third-order valence-corrected chi connectivity index (χ3v) is 5.35. The molecule has 0 radical (unpaired) electrons. The van der Waals surface area contributed by atoms with Gasteiger partial charge in [-0.1, -0.05) is 23.9 Å². The molecule has 28 heavy (non-hydrogen) atoms. The van der Waals surface area contributed by atoms with Crippen molar-refractivity contribution in [2.24, 2.45) is 4.99 Å². The third kappa shape index (κ3) is 3.95. The Labute approximate surface area is 165 Å². The Balaban J connectivity index is 1.92. The van der Waals surface area contributed by atoms with Gasteiger partial charge in [0, 0.05) is 14.1 Å². The van der Waals surface area contributed by atoms with Crippen LogP contribution in [0.4, 0.5) is 4.79 Å². The highest BCUT2D eigenvalue weighted by Crippen LogP contribution is 2.24. The highest BCUT2D eigenvalue weighted by atomic mass is 16.5. The Morgan fingerprint density at radius 3 is 2.57 bits per heavy atom. The van der Waals surface area contributed by atoms with E-state index in [0.717, 1.165) is 30.8 Å². The Hall–Kier alpha value is -2.26. The quantitative estimate of drug-likeness (QED) is 0.393. The number of ether oxygens (including phenoxy) is 1. The molecule has 0 aliphatic carbocycles. The van der Waals surface area contributed by atoms with Crippen LogP contribution in [0.1, 0.15) is 25.7 Å². The molecule has 0 aromatic carbocycles. The molecule has 3 aliphatic rings. The van der Waals surface area contributed by atoms with Crippen molar-refractivity contribution in [2.45, 2.75) is 37.8 Å². The maximum atomic E-state index is 12.9. The number of imide groups is 1. The van der Waals surface area contributed by atoms with Crippen LogP contribution in [-0.4, -0.2) is 107 Å². The van der Waals surface area contributed by atoms with Crippen LogP contribution in [0.15, 0.2) is 17.6 Å². The van der Waals surface area contributed by atoms with Crippen LogP contribution >= 0.6 is 0 Å². The van der Waals surface area contributed by atoms with E-state index in [1.807, 2.05) is 4.90 Å². The molecule has 0 saturated carbocycles. The van der Waals surface area contributed by atoms with Crippen molar-refractivity contribution in [1.82, 2.24) is 14.7 Å². The summed E-state index contributed by atoms with van der Waals surface area (Å²) in [6.45, 7) is 5.97. The minimum Gasteiger partial charge on any atom is -0.387 e. The minimum atomic E-state index is -0.794. The number of rotatable bonds is 6. The molecule has 3 aliphatic heterocycles. The normalized spacial score (nSPS) is 24.3. The molecular formula is C19H30N5O4+. The van der Waals surface area contributed by atoms with Crippen molar-refractivity contribution >= 4 is 23.7 Å². The smallest absolute Gasteiger partial charge is 0.387 e. The first-order valence-electron chi connectivity index (χ1n) is 9.84. The predicted molar refractivity (Wildman–Crippen MR) is 104 cm³/mol. The molecule has 2 unspecified atom stereocenters. The number of aliphatic imine (C=N–C) groups is 1. The maximum absolute atomic E-state index is 12.9. The number of β-amino-alcohol motifs (C(OH)–C–C–N with tert-alkyl or cyclic N) is 1. The highest BCUT2D eigenvalue weighted by molar-refractivity contribution is 6.25. The first kappa shape index (κ1) is 20.5. The summed E-state index contributed by atoms with van der Waals surface area (Å²) in [7, 11) is 3.11. The number of nitrogens with zero attached hydrogens (tertiary/aromatic N) is 5. The summed E-state index contributed by atoms with van der Waals surface area (Å²) >= 11 is 0. The number of amides is 3. The lowest BCUT2D eigenvalue weighted by Crippen LogP contribution is -2.63. The molecule has 154 valence electrons. The number of hydrogen-bond donors (Lipinski definition) is 1. The van der Waals surface area contributed by atoms with Crippen LogP contribution in [-0.2, 0) is 9.53 Å². The molecule has 2 atom stereocenters. The summed E-state index contributed by atoms with van der Waals surface area (Å²) in [5.74, 6) is 0.755. The average molecular weight is 392 g/mol. The van der Waals surface area contributed by atoms with Crippen molar-refractivity contribution in [3.05, 3.63) is 12.7 Å². The van der Waals surface area contributed by atoms with E-state index >= 15 is 0 Å². The Kier molecular flexibility index (Phi) is 6.46. The average Bonchev–Trinajstić information content (AvgIpc) is 2.86. The zero-order chi connectivity index (χ0) is 20.3. The van der Waals surface area contributed by atoms with Crippen molar-refractivity contribution in [1.29, 1.82) is 0 Å². The minimum absolute atomic E-state index is 0.136. The van der Waals surface area contributed by atoms with E-state index in [9.17, 15) is 14.7 Å². The van der Waals surface area contributed by atoms with Gasteiger partial charge in [0.05, 0.1) is 32.8 Å². The number of fused-ring (bicyclic) bond motifs is 1. The zero-order valence-electron chi connectivity index (χ0n) is 16.7. The SMILES string of the molecule is C=CCOCC(O)CN1C(=[N+]2CCCCCC2)N=C2C1C(=O)N(C)C(=O)N2C. The highest BCUT2D eigenvalue weighted by Gasteiger charge is 2.55. The molecule has 9 heteroatoms. The van der Waals surface area contributed by atoms with Crippen molar-refractivity contribution in [2.75, 3.05) is 46.9 Å². The molecule has 0 bridgehead atoms. The number of guanidine groups is 1. The molecule has 3 amide bonds. The van der Waals surface area contributed by atoms with E-state index in [-0.39, 0.29) is 19.1 Å². The van der Waals surface area contributed by atoms with E-state index in [1.54, 1.807) is 13.1 Å². The number of aliphatic hydroxyl groups is 1. The summed E-state index contributed by atoms with van der Waals surface area (Å²) in [5.41, 5.74) is 0. The summed E-state index contributed by atoms with van der Waals surface area (Å²) < 4.78 is 7.53. The molecule has 0 aromatic rings. The van der Waals surface area contributed by atoms with Gasteiger partial charge in [-0.25, -0.2) is 9.69 Å². The van der Waals surface area contributed by atoms with Crippen molar-refractivity contribution in [3.63, 3.8) is 0 Å².